The first-order valence-corrected chi connectivity index (χ1v) is 6.27. The number of benzene rings is 1. The van der Waals surface area contributed by atoms with Crippen LogP contribution in [0, 0.1) is 11.7 Å². The Balaban J connectivity index is 2.11. The van der Waals surface area contributed by atoms with Crippen LogP contribution in [0.1, 0.15) is 31.4 Å². The van der Waals surface area contributed by atoms with E-state index in [4.69, 9.17) is 5.11 Å². The predicted molar refractivity (Wildman–Crippen MR) is 66.7 cm³/mol. The van der Waals surface area contributed by atoms with E-state index in [0.29, 0.717) is 12.5 Å². The van der Waals surface area contributed by atoms with Crippen molar-refractivity contribution in [1.29, 1.82) is 0 Å². The topological polar surface area (TPSA) is 40.5 Å². The maximum Gasteiger partial charge on any atom is 0.304 e. The Bertz CT molecular complexity index is 436. The molecule has 0 spiro atoms. The lowest BCUT2D eigenvalue weighted by atomic mass is 10.0. The molecule has 18 heavy (non-hydrogen) atoms. The maximum atomic E-state index is 13.2. The van der Waals surface area contributed by atoms with Gasteiger partial charge in [0, 0.05) is 19.1 Å². The Labute approximate surface area is 106 Å². The summed E-state index contributed by atoms with van der Waals surface area (Å²) in [5.74, 6) is -0.496. The maximum absolute atomic E-state index is 13.2. The zero-order valence-corrected chi connectivity index (χ0v) is 10.5. The van der Waals surface area contributed by atoms with Crippen molar-refractivity contribution in [1.82, 2.24) is 4.90 Å². The van der Waals surface area contributed by atoms with E-state index in [0.717, 1.165) is 18.5 Å². The number of likely N-dealkylation sites (tertiary alicyclic amines) is 1. The number of carboxylic acid groups (broad SMARTS) is 1. The SMILES string of the molecule is C[C@@H]1C[C@H](c2cccc(F)c2)N(CCC(=O)O)C1. The van der Waals surface area contributed by atoms with E-state index in [1.165, 1.54) is 6.07 Å². The first-order chi connectivity index (χ1) is 8.56. The molecule has 1 fully saturated rings. The first kappa shape index (κ1) is 13.0. The van der Waals surface area contributed by atoms with Gasteiger partial charge < -0.3 is 5.11 Å². The lowest BCUT2D eigenvalue weighted by Crippen LogP contribution is -2.26. The van der Waals surface area contributed by atoms with Crippen LogP contribution in [-0.2, 0) is 4.79 Å². The molecule has 98 valence electrons. The third-order valence-electron chi connectivity index (χ3n) is 3.46. The van der Waals surface area contributed by atoms with Gasteiger partial charge in [0.15, 0.2) is 0 Å². The molecule has 2 rings (SSSR count). The number of hydrogen-bond acceptors (Lipinski definition) is 2. The summed E-state index contributed by atoms with van der Waals surface area (Å²) in [5, 5.41) is 8.75. The van der Waals surface area contributed by atoms with Gasteiger partial charge in [-0.1, -0.05) is 19.1 Å². The summed E-state index contributed by atoms with van der Waals surface area (Å²) in [6.45, 7) is 3.56. The van der Waals surface area contributed by atoms with Crippen LogP contribution >= 0.6 is 0 Å². The van der Waals surface area contributed by atoms with E-state index < -0.39 is 5.97 Å². The van der Waals surface area contributed by atoms with E-state index >= 15 is 0 Å². The molecule has 0 radical (unpaired) electrons. The van der Waals surface area contributed by atoms with Crippen molar-refractivity contribution in [2.24, 2.45) is 5.92 Å². The summed E-state index contributed by atoms with van der Waals surface area (Å²) in [6.07, 6.45) is 1.10. The molecule has 0 amide bonds. The Morgan fingerprint density at radius 1 is 1.56 bits per heavy atom. The Hall–Kier alpha value is -1.42. The van der Waals surface area contributed by atoms with Crippen molar-refractivity contribution < 1.29 is 14.3 Å². The van der Waals surface area contributed by atoms with Gasteiger partial charge in [0.1, 0.15) is 5.82 Å². The molecule has 1 saturated heterocycles. The van der Waals surface area contributed by atoms with Crippen molar-refractivity contribution in [2.75, 3.05) is 13.1 Å². The third-order valence-corrected chi connectivity index (χ3v) is 3.46. The van der Waals surface area contributed by atoms with Gasteiger partial charge in [0.05, 0.1) is 6.42 Å². The van der Waals surface area contributed by atoms with Crippen LogP contribution < -0.4 is 0 Å². The van der Waals surface area contributed by atoms with Crippen molar-refractivity contribution in [3.05, 3.63) is 35.6 Å². The normalized spacial score (nSPS) is 24.3. The number of carbonyl (C=O) groups is 1. The number of nitrogens with zero attached hydrogens (tertiary/aromatic N) is 1. The fourth-order valence-electron chi connectivity index (χ4n) is 2.68. The van der Waals surface area contributed by atoms with E-state index in [1.807, 2.05) is 6.07 Å². The molecular weight excluding hydrogens is 233 g/mol. The first-order valence-electron chi connectivity index (χ1n) is 6.27. The van der Waals surface area contributed by atoms with Gasteiger partial charge >= 0.3 is 5.97 Å². The second kappa shape index (κ2) is 5.48. The average molecular weight is 251 g/mol. The van der Waals surface area contributed by atoms with Gasteiger partial charge in [-0.05, 0) is 30.0 Å². The Morgan fingerprint density at radius 2 is 2.33 bits per heavy atom. The van der Waals surface area contributed by atoms with Crippen molar-refractivity contribution >= 4 is 5.97 Å². The van der Waals surface area contributed by atoms with Gasteiger partial charge in [0.2, 0.25) is 0 Å². The van der Waals surface area contributed by atoms with Crippen LogP contribution in [-0.4, -0.2) is 29.1 Å². The molecule has 0 saturated carbocycles. The highest BCUT2D eigenvalue weighted by atomic mass is 19.1. The second-order valence-electron chi connectivity index (χ2n) is 5.05. The summed E-state index contributed by atoms with van der Waals surface area (Å²) in [4.78, 5) is 12.8. The number of halogens is 1. The highest BCUT2D eigenvalue weighted by Crippen LogP contribution is 2.35. The molecule has 0 aromatic heterocycles. The fraction of sp³-hybridized carbons (Fsp3) is 0.500. The van der Waals surface area contributed by atoms with Crippen LogP contribution in [0.2, 0.25) is 0 Å². The molecule has 2 atom stereocenters. The monoisotopic (exact) mass is 251 g/mol. The van der Waals surface area contributed by atoms with Crippen LogP contribution in [0.5, 0.6) is 0 Å². The summed E-state index contributed by atoms with van der Waals surface area (Å²) < 4.78 is 13.2. The standard InChI is InChI=1S/C14H18FNO2/c1-10-7-13(11-3-2-4-12(15)8-11)16(9-10)6-5-14(17)18/h2-4,8,10,13H,5-7,9H2,1H3,(H,17,18)/t10-,13-/m1/s1. The van der Waals surface area contributed by atoms with Gasteiger partial charge in [-0.15, -0.1) is 0 Å². The molecule has 0 aliphatic carbocycles. The molecular formula is C14H18FNO2. The molecule has 0 bridgehead atoms. The van der Waals surface area contributed by atoms with E-state index in [9.17, 15) is 9.18 Å². The summed E-state index contributed by atoms with van der Waals surface area (Å²) >= 11 is 0. The van der Waals surface area contributed by atoms with Crippen molar-refractivity contribution in [3.63, 3.8) is 0 Å². The minimum absolute atomic E-state index is 0.137. The van der Waals surface area contributed by atoms with Crippen LogP contribution in [0.15, 0.2) is 24.3 Å². The van der Waals surface area contributed by atoms with Gasteiger partial charge in [0.25, 0.3) is 0 Å². The zero-order chi connectivity index (χ0) is 13.1. The highest BCUT2D eigenvalue weighted by molar-refractivity contribution is 5.66. The number of aliphatic carboxylic acids is 1. The largest absolute Gasteiger partial charge is 0.481 e. The molecule has 1 N–H and O–H groups in total. The second-order valence-corrected chi connectivity index (χ2v) is 5.05. The van der Waals surface area contributed by atoms with E-state index in [-0.39, 0.29) is 18.3 Å². The molecule has 1 heterocycles. The van der Waals surface area contributed by atoms with E-state index in [1.54, 1.807) is 12.1 Å². The highest BCUT2D eigenvalue weighted by Gasteiger charge is 2.30. The molecule has 1 aromatic rings. The van der Waals surface area contributed by atoms with E-state index in [2.05, 4.69) is 11.8 Å². The molecule has 4 heteroatoms. The summed E-state index contributed by atoms with van der Waals surface area (Å²) in [7, 11) is 0. The molecule has 1 aliphatic rings. The molecule has 1 aliphatic heterocycles. The third kappa shape index (κ3) is 3.07. The lowest BCUT2D eigenvalue weighted by molar-refractivity contribution is -0.137. The number of rotatable bonds is 4. The average Bonchev–Trinajstić information content (AvgIpc) is 2.68. The van der Waals surface area contributed by atoms with Gasteiger partial charge in [-0.25, -0.2) is 4.39 Å². The number of carboxylic acids is 1. The van der Waals surface area contributed by atoms with Gasteiger partial charge in [-0.2, -0.15) is 0 Å². The minimum Gasteiger partial charge on any atom is -0.481 e. The molecule has 0 unspecified atom stereocenters. The zero-order valence-electron chi connectivity index (χ0n) is 10.5. The van der Waals surface area contributed by atoms with Gasteiger partial charge in [-0.3, -0.25) is 9.69 Å². The summed E-state index contributed by atoms with van der Waals surface area (Å²) in [5.41, 5.74) is 0.949. The minimum atomic E-state index is -0.785. The van der Waals surface area contributed by atoms with Crippen molar-refractivity contribution in [3.8, 4) is 0 Å². The Morgan fingerprint density at radius 3 is 3.00 bits per heavy atom. The lowest BCUT2D eigenvalue weighted by Gasteiger charge is -2.24. The number of hydrogen-bond donors (Lipinski definition) is 1. The molecule has 3 nitrogen and oxygen atoms in total. The molecule has 1 aromatic carbocycles. The fourth-order valence-corrected chi connectivity index (χ4v) is 2.68. The van der Waals surface area contributed by atoms with Crippen LogP contribution in [0.4, 0.5) is 4.39 Å². The smallest absolute Gasteiger partial charge is 0.304 e. The summed E-state index contributed by atoms with van der Waals surface area (Å²) in [6, 6.07) is 6.76. The Kier molecular flexibility index (Phi) is 3.97. The van der Waals surface area contributed by atoms with Crippen LogP contribution in [0.25, 0.3) is 0 Å². The predicted octanol–water partition coefficient (Wildman–Crippen LogP) is 2.68. The van der Waals surface area contributed by atoms with Crippen LogP contribution in [0.3, 0.4) is 0 Å². The van der Waals surface area contributed by atoms with Crippen molar-refractivity contribution in [2.45, 2.75) is 25.8 Å². The quantitative estimate of drug-likeness (QED) is 0.894.